The third-order valence-electron chi connectivity index (χ3n) is 4.55. The van der Waals surface area contributed by atoms with Crippen LogP contribution in [0, 0.1) is 20.8 Å². The highest BCUT2D eigenvalue weighted by Gasteiger charge is 2.20. The molecule has 3 aromatic rings. The molecule has 1 heterocycles. The number of sulfonamides is 1. The smallest absolute Gasteiger partial charge is 0.273 e. The molecule has 0 radical (unpaired) electrons. The molecule has 0 spiro atoms. The summed E-state index contributed by atoms with van der Waals surface area (Å²) in [6, 6.07) is 12.7. The largest absolute Gasteiger partial charge is 0.469 e. The van der Waals surface area contributed by atoms with E-state index in [-0.39, 0.29) is 16.0 Å². The van der Waals surface area contributed by atoms with Crippen LogP contribution < -0.4 is 15.6 Å². The summed E-state index contributed by atoms with van der Waals surface area (Å²) in [6.45, 7) is 5.08. The zero-order chi connectivity index (χ0) is 21.9. The molecule has 2 aromatic carbocycles. The minimum atomic E-state index is -3.91. The van der Waals surface area contributed by atoms with Crippen LogP contribution in [-0.2, 0) is 10.0 Å². The first-order valence-corrected chi connectivity index (χ1v) is 10.5. The van der Waals surface area contributed by atoms with Gasteiger partial charge in [0.15, 0.2) is 0 Å². The lowest BCUT2D eigenvalue weighted by Crippen LogP contribution is -2.42. The summed E-state index contributed by atoms with van der Waals surface area (Å²) >= 11 is 0. The SMILES string of the molecule is Cc1ccccc1NS(=O)(=O)c1ccc(C)c(C(=O)NNC(=O)c2ccoc2C)c1. The van der Waals surface area contributed by atoms with E-state index in [1.165, 1.54) is 30.5 Å². The molecule has 2 amide bonds. The number of amides is 2. The van der Waals surface area contributed by atoms with Gasteiger partial charge in [-0.15, -0.1) is 0 Å². The van der Waals surface area contributed by atoms with Crippen molar-refractivity contribution in [2.45, 2.75) is 25.7 Å². The molecule has 0 saturated heterocycles. The number of nitrogens with one attached hydrogen (secondary N) is 3. The van der Waals surface area contributed by atoms with E-state index in [1.807, 2.05) is 0 Å². The van der Waals surface area contributed by atoms with E-state index in [0.717, 1.165) is 5.56 Å². The first kappa shape index (κ1) is 21.1. The van der Waals surface area contributed by atoms with E-state index in [2.05, 4.69) is 15.6 Å². The highest BCUT2D eigenvalue weighted by atomic mass is 32.2. The van der Waals surface area contributed by atoms with Crippen molar-refractivity contribution in [3.8, 4) is 0 Å². The van der Waals surface area contributed by atoms with Crippen LogP contribution in [0.3, 0.4) is 0 Å². The van der Waals surface area contributed by atoms with Crippen LogP contribution in [0.5, 0.6) is 0 Å². The molecule has 0 atom stereocenters. The zero-order valence-electron chi connectivity index (χ0n) is 16.6. The number of para-hydroxylation sites is 1. The van der Waals surface area contributed by atoms with Gasteiger partial charge in [0.1, 0.15) is 5.76 Å². The van der Waals surface area contributed by atoms with Crippen molar-refractivity contribution in [2.24, 2.45) is 0 Å². The normalized spacial score (nSPS) is 11.0. The van der Waals surface area contributed by atoms with Crippen LogP contribution in [0.4, 0.5) is 5.69 Å². The summed E-state index contributed by atoms with van der Waals surface area (Å²) in [5, 5.41) is 0. The van der Waals surface area contributed by atoms with Crippen LogP contribution in [0.2, 0.25) is 0 Å². The Morgan fingerprint density at radius 3 is 2.13 bits per heavy atom. The number of hydrogen-bond acceptors (Lipinski definition) is 5. The van der Waals surface area contributed by atoms with Crippen molar-refractivity contribution in [2.75, 3.05) is 4.72 Å². The van der Waals surface area contributed by atoms with Gasteiger partial charge in [-0.2, -0.15) is 0 Å². The number of carbonyl (C=O) groups excluding carboxylic acids is 2. The summed E-state index contributed by atoms with van der Waals surface area (Å²) in [6.07, 6.45) is 1.37. The van der Waals surface area contributed by atoms with E-state index in [9.17, 15) is 18.0 Å². The molecule has 8 nitrogen and oxygen atoms in total. The Balaban J connectivity index is 1.79. The molecule has 0 aliphatic heterocycles. The minimum Gasteiger partial charge on any atom is -0.469 e. The molecule has 0 aliphatic carbocycles. The van der Waals surface area contributed by atoms with E-state index >= 15 is 0 Å². The molecule has 3 rings (SSSR count). The van der Waals surface area contributed by atoms with Gasteiger partial charge >= 0.3 is 0 Å². The molecular formula is C21H21N3O5S. The fourth-order valence-corrected chi connectivity index (χ4v) is 3.93. The highest BCUT2D eigenvalue weighted by Crippen LogP contribution is 2.21. The number of hydrazine groups is 1. The minimum absolute atomic E-state index is 0.0708. The fraction of sp³-hybridized carbons (Fsp3) is 0.143. The second-order valence-electron chi connectivity index (χ2n) is 6.70. The predicted octanol–water partition coefficient (Wildman–Crippen LogP) is 3.08. The first-order chi connectivity index (χ1) is 14.2. The van der Waals surface area contributed by atoms with E-state index in [0.29, 0.717) is 17.0 Å². The maximum absolute atomic E-state index is 12.8. The zero-order valence-corrected chi connectivity index (χ0v) is 17.5. The molecule has 0 bridgehead atoms. The van der Waals surface area contributed by atoms with Gasteiger partial charge in [0.25, 0.3) is 21.8 Å². The third kappa shape index (κ3) is 4.52. The monoisotopic (exact) mass is 427 g/mol. The first-order valence-electron chi connectivity index (χ1n) is 9.03. The predicted molar refractivity (Wildman–Crippen MR) is 112 cm³/mol. The highest BCUT2D eigenvalue weighted by molar-refractivity contribution is 7.92. The average Bonchev–Trinajstić information content (AvgIpc) is 3.13. The molecule has 0 unspecified atom stereocenters. The van der Waals surface area contributed by atoms with Gasteiger partial charge in [-0.25, -0.2) is 8.42 Å². The molecule has 9 heteroatoms. The molecular weight excluding hydrogens is 406 g/mol. The summed E-state index contributed by atoms with van der Waals surface area (Å²) in [5.74, 6) is -0.777. The van der Waals surface area contributed by atoms with Crippen molar-refractivity contribution in [3.63, 3.8) is 0 Å². The lowest BCUT2D eigenvalue weighted by Gasteiger charge is -2.13. The van der Waals surface area contributed by atoms with Crippen molar-refractivity contribution in [3.05, 3.63) is 82.8 Å². The third-order valence-corrected chi connectivity index (χ3v) is 5.91. The van der Waals surface area contributed by atoms with Crippen LogP contribution in [0.25, 0.3) is 0 Å². The molecule has 3 N–H and O–H groups in total. The quantitative estimate of drug-likeness (QED) is 0.541. The number of anilines is 1. The van der Waals surface area contributed by atoms with Gasteiger partial charge in [-0.3, -0.25) is 25.2 Å². The number of carbonyl (C=O) groups is 2. The van der Waals surface area contributed by atoms with E-state index in [4.69, 9.17) is 4.42 Å². The van der Waals surface area contributed by atoms with Crippen LogP contribution >= 0.6 is 0 Å². The van der Waals surface area contributed by atoms with Gasteiger partial charge in [0.05, 0.1) is 22.4 Å². The maximum Gasteiger partial charge on any atom is 0.273 e. The van der Waals surface area contributed by atoms with Gasteiger partial charge in [-0.05, 0) is 56.2 Å². The van der Waals surface area contributed by atoms with E-state index in [1.54, 1.807) is 45.0 Å². The molecule has 0 saturated carbocycles. The summed E-state index contributed by atoms with van der Waals surface area (Å²) < 4.78 is 33.1. The van der Waals surface area contributed by atoms with E-state index < -0.39 is 21.8 Å². The fourth-order valence-electron chi connectivity index (χ4n) is 2.77. The van der Waals surface area contributed by atoms with Crippen molar-refractivity contribution < 1.29 is 22.4 Å². The lowest BCUT2D eigenvalue weighted by molar-refractivity contribution is 0.0845. The number of aryl methyl sites for hydroxylation is 3. The molecule has 1 aromatic heterocycles. The second kappa shape index (κ2) is 8.42. The number of furan rings is 1. The van der Waals surface area contributed by atoms with Gasteiger partial charge in [0, 0.05) is 5.56 Å². The topological polar surface area (TPSA) is 118 Å². The van der Waals surface area contributed by atoms with Crippen LogP contribution in [0.1, 0.15) is 37.6 Å². The Labute approximate surface area is 174 Å². The summed E-state index contributed by atoms with van der Waals surface area (Å²) in [4.78, 5) is 24.6. The van der Waals surface area contributed by atoms with Crippen molar-refractivity contribution >= 4 is 27.5 Å². The van der Waals surface area contributed by atoms with Gasteiger partial charge < -0.3 is 4.42 Å². The number of benzene rings is 2. The lowest BCUT2D eigenvalue weighted by atomic mass is 10.1. The summed E-state index contributed by atoms with van der Waals surface area (Å²) in [5.41, 5.74) is 6.76. The van der Waals surface area contributed by atoms with Crippen molar-refractivity contribution in [1.82, 2.24) is 10.9 Å². The summed E-state index contributed by atoms with van der Waals surface area (Å²) in [7, 11) is -3.91. The Hall–Kier alpha value is -3.59. The van der Waals surface area contributed by atoms with Gasteiger partial charge in [-0.1, -0.05) is 24.3 Å². The number of rotatable bonds is 5. The maximum atomic E-state index is 12.8. The molecule has 0 aliphatic rings. The molecule has 156 valence electrons. The Kier molecular flexibility index (Phi) is 5.93. The Bertz CT molecular complexity index is 1210. The standard InChI is InChI=1S/C21H21N3O5S/c1-13-8-9-16(30(27,28)24-19-7-5-4-6-14(19)2)12-18(13)21(26)23-22-20(25)17-10-11-29-15(17)3/h4-12,24H,1-3H3,(H,22,25)(H,23,26). The van der Waals surface area contributed by atoms with Gasteiger partial charge in [0.2, 0.25) is 0 Å². The average molecular weight is 427 g/mol. The number of hydrogen-bond donors (Lipinski definition) is 3. The molecule has 0 fully saturated rings. The second-order valence-corrected chi connectivity index (χ2v) is 8.38. The molecule has 30 heavy (non-hydrogen) atoms. The van der Waals surface area contributed by atoms with Crippen LogP contribution in [0.15, 0.2) is 64.1 Å². The Morgan fingerprint density at radius 1 is 0.833 bits per heavy atom. The Morgan fingerprint density at radius 2 is 1.50 bits per heavy atom. The van der Waals surface area contributed by atoms with Crippen LogP contribution in [-0.4, -0.2) is 20.2 Å². The van der Waals surface area contributed by atoms with Crippen molar-refractivity contribution in [1.29, 1.82) is 0 Å².